The molecule has 1 heterocycles. The highest BCUT2D eigenvalue weighted by Crippen LogP contribution is 2.23. The Hall–Kier alpha value is -2.45. The molecule has 1 aromatic heterocycles. The van der Waals surface area contributed by atoms with Crippen LogP contribution in [-0.4, -0.2) is 4.98 Å². The molecule has 0 saturated heterocycles. The zero-order valence-electron chi connectivity index (χ0n) is 11.1. The van der Waals surface area contributed by atoms with Crippen molar-refractivity contribution in [1.29, 1.82) is 0 Å². The maximum Gasteiger partial charge on any atom is 0.0552 e. The van der Waals surface area contributed by atoms with E-state index < -0.39 is 0 Å². The zero-order chi connectivity index (χ0) is 13.8. The molecular formula is C18H16N2. The van der Waals surface area contributed by atoms with Crippen molar-refractivity contribution in [3.05, 3.63) is 90.3 Å². The number of benzene rings is 2. The van der Waals surface area contributed by atoms with Crippen molar-refractivity contribution >= 4 is 0 Å². The minimum Gasteiger partial charge on any atom is -0.320 e. The fraction of sp³-hybridized carbons (Fsp3) is 0.0556. The molecule has 0 aliphatic rings. The minimum atomic E-state index is -0.108. The molecule has 0 radical (unpaired) electrons. The van der Waals surface area contributed by atoms with E-state index in [4.69, 9.17) is 5.73 Å². The Morgan fingerprint density at radius 2 is 1.20 bits per heavy atom. The Morgan fingerprint density at radius 3 is 1.85 bits per heavy atom. The van der Waals surface area contributed by atoms with Crippen molar-refractivity contribution in [3.8, 4) is 11.1 Å². The average molecular weight is 260 g/mol. The second-order valence-corrected chi connectivity index (χ2v) is 4.75. The highest BCUT2D eigenvalue weighted by Gasteiger charge is 2.08. The number of pyridine rings is 1. The second kappa shape index (κ2) is 5.68. The van der Waals surface area contributed by atoms with Crippen molar-refractivity contribution in [2.45, 2.75) is 6.04 Å². The average Bonchev–Trinajstić information content (AvgIpc) is 2.56. The third-order valence-corrected chi connectivity index (χ3v) is 3.44. The summed E-state index contributed by atoms with van der Waals surface area (Å²) in [6, 6.07) is 22.6. The molecule has 0 aliphatic heterocycles. The van der Waals surface area contributed by atoms with Crippen LogP contribution in [0.2, 0.25) is 0 Å². The SMILES string of the molecule is NC(c1ccncc1)c1ccc(-c2ccccc2)cc1. The summed E-state index contributed by atoms with van der Waals surface area (Å²) in [5.41, 5.74) is 10.9. The number of aromatic nitrogens is 1. The van der Waals surface area contributed by atoms with Gasteiger partial charge in [-0.2, -0.15) is 0 Å². The van der Waals surface area contributed by atoms with Gasteiger partial charge in [-0.25, -0.2) is 0 Å². The van der Waals surface area contributed by atoms with E-state index in [0.717, 1.165) is 11.1 Å². The maximum atomic E-state index is 6.28. The Bertz CT molecular complexity index is 661. The molecule has 0 aliphatic carbocycles. The smallest absolute Gasteiger partial charge is 0.0552 e. The second-order valence-electron chi connectivity index (χ2n) is 4.75. The van der Waals surface area contributed by atoms with Gasteiger partial charge in [-0.3, -0.25) is 4.98 Å². The van der Waals surface area contributed by atoms with Gasteiger partial charge in [-0.05, 0) is 34.4 Å². The molecular weight excluding hydrogens is 244 g/mol. The molecule has 1 unspecified atom stereocenters. The highest BCUT2D eigenvalue weighted by atomic mass is 14.7. The van der Waals surface area contributed by atoms with E-state index in [0.29, 0.717) is 0 Å². The molecule has 0 saturated carbocycles. The number of rotatable bonds is 3. The third-order valence-electron chi connectivity index (χ3n) is 3.44. The van der Waals surface area contributed by atoms with Crippen LogP contribution in [0.15, 0.2) is 79.1 Å². The van der Waals surface area contributed by atoms with Crippen LogP contribution in [0.4, 0.5) is 0 Å². The van der Waals surface area contributed by atoms with Crippen LogP contribution in [0.25, 0.3) is 11.1 Å². The van der Waals surface area contributed by atoms with Crippen LogP contribution >= 0.6 is 0 Å². The summed E-state index contributed by atoms with van der Waals surface area (Å²) in [6.07, 6.45) is 3.54. The molecule has 3 rings (SSSR count). The van der Waals surface area contributed by atoms with Gasteiger partial charge < -0.3 is 5.73 Å². The predicted octanol–water partition coefficient (Wildman–Crippen LogP) is 3.80. The van der Waals surface area contributed by atoms with Crippen molar-refractivity contribution in [2.75, 3.05) is 0 Å². The Labute approximate surface area is 118 Å². The first kappa shape index (κ1) is 12.6. The van der Waals surface area contributed by atoms with E-state index in [9.17, 15) is 0 Å². The van der Waals surface area contributed by atoms with Crippen molar-refractivity contribution in [3.63, 3.8) is 0 Å². The van der Waals surface area contributed by atoms with Crippen LogP contribution in [0.1, 0.15) is 17.2 Å². The van der Waals surface area contributed by atoms with Crippen molar-refractivity contribution in [2.24, 2.45) is 5.73 Å². The van der Waals surface area contributed by atoms with Gasteiger partial charge in [0.1, 0.15) is 0 Å². The minimum absolute atomic E-state index is 0.108. The lowest BCUT2D eigenvalue weighted by atomic mass is 9.97. The first-order chi connectivity index (χ1) is 9.84. The molecule has 3 aromatic rings. The van der Waals surface area contributed by atoms with Gasteiger partial charge in [0.15, 0.2) is 0 Å². The van der Waals surface area contributed by atoms with Crippen molar-refractivity contribution in [1.82, 2.24) is 4.98 Å². The predicted molar refractivity (Wildman–Crippen MR) is 82.1 cm³/mol. The summed E-state index contributed by atoms with van der Waals surface area (Å²) in [6.45, 7) is 0. The summed E-state index contributed by atoms with van der Waals surface area (Å²) in [7, 11) is 0. The van der Waals surface area contributed by atoms with E-state index in [2.05, 4.69) is 41.4 Å². The quantitative estimate of drug-likeness (QED) is 0.778. The first-order valence-corrected chi connectivity index (χ1v) is 6.65. The number of nitrogens with two attached hydrogens (primary N) is 1. The normalized spacial score (nSPS) is 12.1. The molecule has 0 bridgehead atoms. The van der Waals surface area contributed by atoms with Gasteiger partial charge in [0.2, 0.25) is 0 Å². The van der Waals surface area contributed by atoms with Crippen LogP contribution in [0, 0.1) is 0 Å². The van der Waals surface area contributed by atoms with Gasteiger partial charge in [0.25, 0.3) is 0 Å². The summed E-state index contributed by atoms with van der Waals surface area (Å²) in [5, 5.41) is 0. The van der Waals surface area contributed by atoms with E-state index >= 15 is 0 Å². The summed E-state index contributed by atoms with van der Waals surface area (Å²) >= 11 is 0. The van der Waals surface area contributed by atoms with E-state index in [1.807, 2.05) is 30.3 Å². The molecule has 2 nitrogen and oxygen atoms in total. The largest absolute Gasteiger partial charge is 0.320 e. The van der Waals surface area contributed by atoms with Crippen molar-refractivity contribution < 1.29 is 0 Å². The Kier molecular flexibility index (Phi) is 3.57. The van der Waals surface area contributed by atoms with Gasteiger partial charge in [-0.15, -0.1) is 0 Å². The molecule has 2 N–H and O–H groups in total. The molecule has 0 amide bonds. The lowest BCUT2D eigenvalue weighted by Crippen LogP contribution is -2.11. The molecule has 0 spiro atoms. The number of nitrogens with zero attached hydrogens (tertiary/aromatic N) is 1. The van der Waals surface area contributed by atoms with Gasteiger partial charge >= 0.3 is 0 Å². The van der Waals surface area contributed by atoms with E-state index in [1.54, 1.807) is 12.4 Å². The molecule has 0 fully saturated rings. The molecule has 20 heavy (non-hydrogen) atoms. The molecule has 2 aromatic carbocycles. The Balaban J connectivity index is 1.87. The van der Waals surface area contributed by atoms with Crippen LogP contribution in [0.3, 0.4) is 0 Å². The van der Waals surface area contributed by atoms with Gasteiger partial charge in [0.05, 0.1) is 6.04 Å². The molecule has 98 valence electrons. The van der Waals surface area contributed by atoms with Crippen LogP contribution < -0.4 is 5.73 Å². The lowest BCUT2D eigenvalue weighted by Gasteiger charge is -2.13. The van der Waals surface area contributed by atoms with Crippen LogP contribution in [-0.2, 0) is 0 Å². The number of hydrogen-bond acceptors (Lipinski definition) is 2. The van der Waals surface area contributed by atoms with Gasteiger partial charge in [-0.1, -0.05) is 54.6 Å². The maximum absolute atomic E-state index is 6.28. The standard InChI is InChI=1S/C18H16N2/c19-18(17-10-12-20-13-11-17)16-8-6-15(7-9-16)14-4-2-1-3-5-14/h1-13,18H,19H2. The summed E-state index contributed by atoms with van der Waals surface area (Å²) < 4.78 is 0. The molecule has 2 heteroatoms. The zero-order valence-corrected chi connectivity index (χ0v) is 11.1. The van der Waals surface area contributed by atoms with Gasteiger partial charge in [0, 0.05) is 12.4 Å². The highest BCUT2D eigenvalue weighted by molar-refractivity contribution is 5.63. The third kappa shape index (κ3) is 2.60. The van der Waals surface area contributed by atoms with E-state index in [1.165, 1.54) is 11.1 Å². The number of hydrogen-bond donors (Lipinski definition) is 1. The topological polar surface area (TPSA) is 38.9 Å². The summed E-state index contributed by atoms with van der Waals surface area (Å²) in [5.74, 6) is 0. The van der Waals surface area contributed by atoms with E-state index in [-0.39, 0.29) is 6.04 Å². The fourth-order valence-corrected chi connectivity index (χ4v) is 2.28. The molecule has 1 atom stereocenters. The Morgan fingerprint density at radius 1 is 0.650 bits per heavy atom. The summed E-state index contributed by atoms with van der Waals surface area (Å²) in [4.78, 5) is 4.02. The lowest BCUT2D eigenvalue weighted by molar-refractivity contribution is 0.868. The fourth-order valence-electron chi connectivity index (χ4n) is 2.28. The first-order valence-electron chi connectivity index (χ1n) is 6.65. The van der Waals surface area contributed by atoms with Crippen LogP contribution in [0.5, 0.6) is 0 Å². The monoisotopic (exact) mass is 260 g/mol.